The maximum atomic E-state index is 12.4. The summed E-state index contributed by atoms with van der Waals surface area (Å²) in [5.74, 6) is 0.174. The molecule has 2 nitrogen and oxygen atoms in total. The Morgan fingerprint density at radius 2 is 1.84 bits per heavy atom. The van der Waals surface area contributed by atoms with Gasteiger partial charge in [0.2, 0.25) is 0 Å². The largest absolute Gasteiger partial charge is 0.344 e. The van der Waals surface area contributed by atoms with Gasteiger partial charge < -0.3 is 4.90 Å². The second-order valence-corrected chi connectivity index (χ2v) is 5.87. The van der Waals surface area contributed by atoms with Crippen molar-refractivity contribution < 1.29 is 4.79 Å². The fourth-order valence-corrected chi connectivity index (χ4v) is 2.97. The average Bonchev–Trinajstić information content (AvgIpc) is 2.46. The van der Waals surface area contributed by atoms with Gasteiger partial charge in [0.15, 0.2) is 5.78 Å². The summed E-state index contributed by atoms with van der Waals surface area (Å²) in [6, 6.07) is 12.2. The lowest BCUT2D eigenvalue weighted by Gasteiger charge is -2.21. The first kappa shape index (κ1) is 12.4. The molecule has 1 aliphatic rings. The van der Waals surface area contributed by atoms with Crippen LogP contribution in [-0.2, 0) is 6.42 Å². The molecular weight excluding hydrogens is 302 g/mol. The molecule has 3 rings (SSSR count). The second-order valence-electron chi connectivity index (χ2n) is 4.95. The number of carbonyl (C=O) groups excluding carboxylic acids is 1. The molecule has 0 spiro atoms. The predicted molar refractivity (Wildman–Crippen MR) is 81.4 cm³/mol. The van der Waals surface area contributed by atoms with Crippen LogP contribution >= 0.6 is 15.9 Å². The maximum Gasteiger partial charge on any atom is 0.169 e. The van der Waals surface area contributed by atoms with Gasteiger partial charge in [0.05, 0.1) is 5.69 Å². The minimum absolute atomic E-state index is 0.174. The monoisotopic (exact) mass is 315 g/mol. The van der Waals surface area contributed by atoms with Crippen LogP contribution in [0.5, 0.6) is 0 Å². The highest BCUT2D eigenvalue weighted by Crippen LogP contribution is 2.36. The minimum Gasteiger partial charge on any atom is -0.344 e. The highest BCUT2D eigenvalue weighted by Gasteiger charge is 2.23. The number of aryl methyl sites for hydroxylation is 1. The fraction of sp³-hybridized carbons (Fsp3) is 0.188. The molecule has 19 heavy (non-hydrogen) atoms. The van der Waals surface area contributed by atoms with Gasteiger partial charge in [0.1, 0.15) is 0 Å². The number of rotatable bonds is 0. The van der Waals surface area contributed by atoms with Crippen LogP contribution in [0.2, 0.25) is 0 Å². The van der Waals surface area contributed by atoms with E-state index in [1.54, 1.807) is 0 Å². The number of hydrogen-bond acceptors (Lipinski definition) is 2. The van der Waals surface area contributed by atoms with Crippen LogP contribution < -0.4 is 4.90 Å². The normalized spacial score (nSPS) is 13.8. The number of ketones is 1. The number of nitrogens with zero attached hydrogens (tertiary/aromatic N) is 1. The van der Waals surface area contributed by atoms with E-state index in [-0.39, 0.29) is 5.78 Å². The quantitative estimate of drug-likeness (QED) is 0.723. The summed E-state index contributed by atoms with van der Waals surface area (Å²) in [7, 11) is 2.01. The Balaban J connectivity index is 2.24. The Bertz CT molecular complexity index is 678. The number of carbonyl (C=O) groups is 1. The summed E-state index contributed by atoms with van der Waals surface area (Å²) in [5, 5.41) is 0. The molecule has 0 aromatic heterocycles. The third kappa shape index (κ3) is 2.08. The number of anilines is 2. The molecule has 96 valence electrons. The minimum atomic E-state index is 0.174. The van der Waals surface area contributed by atoms with Crippen molar-refractivity contribution >= 4 is 33.1 Å². The van der Waals surface area contributed by atoms with Crippen LogP contribution in [0.15, 0.2) is 40.9 Å². The summed E-state index contributed by atoms with van der Waals surface area (Å²) >= 11 is 3.44. The number of halogens is 1. The molecule has 1 aliphatic heterocycles. The van der Waals surface area contributed by atoms with Crippen molar-refractivity contribution in [1.82, 2.24) is 0 Å². The summed E-state index contributed by atoms with van der Waals surface area (Å²) < 4.78 is 0.940. The number of Topliss-reactive ketones (excluding diaryl/α,β-unsaturated/α-hetero) is 1. The third-order valence-corrected chi connectivity index (χ3v) is 4.06. The Kier molecular flexibility index (Phi) is 2.94. The highest BCUT2D eigenvalue weighted by atomic mass is 79.9. The van der Waals surface area contributed by atoms with Crippen LogP contribution in [0.4, 0.5) is 11.4 Å². The first-order valence-corrected chi connectivity index (χ1v) is 7.01. The van der Waals surface area contributed by atoms with Crippen LogP contribution in [0, 0.1) is 6.92 Å². The Labute approximate surface area is 121 Å². The molecule has 0 atom stereocenters. The SMILES string of the molecule is Cc1ccc2c(c1)CC(=O)c1cc(Br)ccc1N2C. The Hall–Kier alpha value is -1.61. The molecule has 0 bridgehead atoms. The first-order valence-electron chi connectivity index (χ1n) is 6.22. The van der Waals surface area contributed by atoms with Gasteiger partial charge in [-0.3, -0.25) is 4.79 Å². The van der Waals surface area contributed by atoms with Crippen molar-refractivity contribution in [2.45, 2.75) is 13.3 Å². The van der Waals surface area contributed by atoms with Gasteiger partial charge in [-0.15, -0.1) is 0 Å². The molecule has 3 heteroatoms. The summed E-state index contributed by atoms with van der Waals surface area (Å²) in [6.07, 6.45) is 0.463. The van der Waals surface area contributed by atoms with Crippen LogP contribution in [-0.4, -0.2) is 12.8 Å². The van der Waals surface area contributed by atoms with Crippen molar-refractivity contribution in [1.29, 1.82) is 0 Å². The summed E-state index contributed by atoms with van der Waals surface area (Å²) in [4.78, 5) is 14.5. The van der Waals surface area contributed by atoms with E-state index in [4.69, 9.17) is 0 Å². The maximum absolute atomic E-state index is 12.4. The average molecular weight is 316 g/mol. The molecule has 0 fully saturated rings. The molecule has 0 aliphatic carbocycles. The van der Waals surface area contributed by atoms with Gasteiger partial charge in [0, 0.05) is 29.2 Å². The zero-order valence-electron chi connectivity index (χ0n) is 10.9. The van der Waals surface area contributed by atoms with E-state index in [9.17, 15) is 4.79 Å². The lowest BCUT2D eigenvalue weighted by Crippen LogP contribution is -2.11. The first-order chi connectivity index (χ1) is 9.06. The van der Waals surface area contributed by atoms with E-state index in [0.29, 0.717) is 6.42 Å². The van der Waals surface area contributed by atoms with Gasteiger partial charge in [0.25, 0.3) is 0 Å². The van der Waals surface area contributed by atoms with Crippen LogP contribution in [0.3, 0.4) is 0 Å². The van der Waals surface area contributed by atoms with Crippen LogP contribution in [0.25, 0.3) is 0 Å². The van der Waals surface area contributed by atoms with Gasteiger partial charge >= 0.3 is 0 Å². The van der Waals surface area contributed by atoms with E-state index in [0.717, 1.165) is 27.0 Å². The van der Waals surface area contributed by atoms with Crippen LogP contribution in [0.1, 0.15) is 21.5 Å². The third-order valence-electron chi connectivity index (χ3n) is 3.57. The lowest BCUT2D eigenvalue weighted by atomic mass is 10.0. The van der Waals surface area contributed by atoms with Gasteiger partial charge in [-0.25, -0.2) is 0 Å². The topological polar surface area (TPSA) is 20.3 Å². The van der Waals surface area contributed by atoms with Crippen molar-refractivity contribution in [2.75, 3.05) is 11.9 Å². The van der Waals surface area contributed by atoms with Gasteiger partial charge in [-0.2, -0.15) is 0 Å². The second kappa shape index (κ2) is 4.49. The molecule has 0 N–H and O–H groups in total. The summed E-state index contributed by atoms with van der Waals surface area (Å²) in [6.45, 7) is 2.05. The molecule has 0 unspecified atom stereocenters. The van der Waals surface area contributed by atoms with Gasteiger partial charge in [-0.05, 0) is 36.8 Å². The molecule has 2 aromatic carbocycles. The molecular formula is C16H14BrNO. The molecule has 2 aromatic rings. The Morgan fingerprint density at radius 1 is 1.11 bits per heavy atom. The summed E-state index contributed by atoms with van der Waals surface area (Å²) in [5.41, 5.74) is 5.15. The van der Waals surface area contributed by atoms with Crippen molar-refractivity contribution in [3.63, 3.8) is 0 Å². The molecule has 0 saturated heterocycles. The molecule has 0 amide bonds. The van der Waals surface area contributed by atoms with E-state index in [1.165, 1.54) is 5.56 Å². The molecule has 1 heterocycles. The number of hydrogen-bond donors (Lipinski definition) is 0. The predicted octanol–water partition coefficient (Wildman–Crippen LogP) is 4.26. The van der Waals surface area contributed by atoms with Crippen molar-refractivity contribution in [3.8, 4) is 0 Å². The lowest BCUT2D eigenvalue weighted by molar-refractivity contribution is 0.0994. The number of fused-ring (bicyclic) bond motifs is 2. The highest BCUT2D eigenvalue weighted by molar-refractivity contribution is 9.10. The van der Waals surface area contributed by atoms with Gasteiger partial charge in [-0.1, -0.05) is 33.6 Å². The van der Waals surface area contributed by atoms with Crippen molar-refractivity contribution in [3.05, 3.63) is 57.6 Å². The molecule has 0 saturated carbocycles. The zero-order valence-corrected chi connectivity index (χ0v) is 12.5. The van der Waals surface area contributed by atoms with E-state index in [1.807, 2.05) is 25.2 Å². The van der Waals surface area contributed by atoms with Crippen molar-refractivity contribution in [2.24, 2.45) is 0 Å². The van der Waals surface area contributed by atoms with E-state index >= 15 is 0 Å². The fourth-order valence-electron chi connectivity index (χ4n) is 2.61. The molecule has 0 radical (unpaired) electrons. The van der Waals surface area contributed by atoms with E-state index in [2.05, 4.69) is 46.0 Å². The standard InChI is InChI=1S/C16H14BrNO/c1-10-3-5-14-11(7-10)8-16(19)13-9-12(17)4-6-15(13)18(14)2/h3-7,9H,8H2,1-2H3. The van der Waals surface area contributed by atoms with E-state index < -0.39 is 0 Å². The number of benzene rings is 2. The zero-order chi connectivity index (χ0) is 13.6. The smallest absolute Gasteiger partial charge is 0.169 e. The Morgan fingerprint density at radius 3 is 2.63 bits per heavy atom.